The van der Waals surface area contributed by atoms with Crippen molar-refractivity contribution in [2.24, 2.45) is 7.05 Å². The summed E-state index contributed by atoms with van der Waals surface area (Å²) in [7, 11) is 1.81. The van der Waals surface area contributed by atoms with E-state index < -0.39 is 18.8 Å². The van der Waals surface area contributed by atoms with Crippen molar-refractivity contribution < 1.29 is 18.0 Å². The van der Waals surface area contributed by atoms with Gasteiger partial charge in [-0.15, -0.1) is 0 Å². The SMILES string of the molecule is Cc1cnc(Nc2cnn(C)c2)nc1/C1=C/[C@H](NC(=O)NCC(F)(F)F)CCCCCC1. The third-order valence-corrected chi connectivity index (χ3v) is 5.12. The maximum absolute atomic E-state index is 12.4. The second-order valence-electron chi connectivity index (χ2n) is 7.95. The highest BCUT2D eigenvalue weighted by Gasteiger charge is 2.28. The first-order chi connectivity index (χ1) is 15.2. The number of halogens is 3. The molecule has 0 aliphatic heterocycles. The Balaban J connectivity index is 1.81. The van der Waals surface area contributed by atoms with Crippen LogP contribution in [0.4, 0.5) is 29.6 Å². The van der Waals surface area contributed by atoms with Gasteiger partial charge in [-0.2, -0.15) is 18.3 Å². The predicted octanol–water partition coefficient (Wildman–Crippen LogP) is 4.23. The van der Waals surface area contributed by atoms with Gasteiger partial charge in [-0.05, 0) is 37.3 Å². The Labute approximate surface area is 184 Å². The second-order valence-corrected chi connectivity index (χ2v) is 7.95. The highest BCUT2D eigenvalue weighted by Crippen LogP contribution is 2.27. The Bertz CT molecular complexity index is 955. The van der Waals surface area contributed by atoms with E-state index in [1.807, 2.05) is 31.6 Å². The number of allylic oxidation sites excluding steroid dienone is 1. The molecule has 11 heteroatoms. The number of carbonyl (C=O) groups is 1. The summed E-state index contributed by atoms with van der Waals surface area (Å²) in [4.78, 5) is 21.0. The molecule has 0 unspecified atom stereocenters. The quantitative estimate of drug-likeness (QED) is 0.632. The topological polar surface area (TPSA) is 96.8 Å². The molecule has 1 aliphatic carbocycles. The van der Waals surface area contributed by atoms with Gasteiger partial charge in [-0.25, -0.2) is 14.8 Å². The molecule has 2 heterocycles. The van der Waals surface area contributed by atoms with E-state index in [9.17, 15) is 18.0 Å². The Morgan fingerprint density at radius 3 is 2.72 bits per heavy atom. The molecule has 0 saturated heterocycles. The van der Waals surface area contributed by atoms with Crippen molar-refractivity contribution in [2.45, 2.75) is 57.7 Å². The van der Waals surface area contributed by atoms with Crippen LogP contribution in [-0.2, 0) is 7.05 Å². The summed E-state index contributed by atoms with van der Waals surface area (Å²) in [6.45, 7) is 0.547. The Kier molecular flexibility index (Phi) is 7.70. The monoisotopic (exact) mass is 451 g/mol. The zero-order valence-corrected chi connectivity index (χ0v) is 18.2. The van der Waals surface area contributed by atoms with Gasteiger partial charge in [-0.3, -0.25) is 4.68 Å². The van der Waals surface area contributed by atoms with Crippen LogP contribution in [0.3, 0.4) is 0 Å². The van der Waals surface area contributed by atoms with Gasteiger partial charge in [0.2, 0.25) is 5.95 Å². The molecule has 1 atom stereocenters. The number of hydrogen-bond acceptors (Lipinski definition) is 5. The summed E-state index contributed by atoms with van der Waals surface area (Å²) in [6.07, 6.45) is 7.96. The molecule has 2 aromatic rings. The number of aromatic nitrogens is 4. The van der Waals surface area contributed by atoms with Crippen molar-refractivity contribution in [3.63, 3.8) is 0 Å². The normalized spacial score (nSPS) is 19.2. The lowest BCUT2D eigenvalue weighted by molar-refractivity contribution is -0.122. The number of carbonyl (C=O) groups excluding carboxylic acids is 1. The van der Waals surface area contributed by atoms with E-state index in [4.69, 9.17) is 0 Å². The zero-order chi connectivity index (χ0) is 23.1. The van der Waals surface area contributed by atoms with Crippen LogP contribution in [-0.4, -0.2) is 44.5 Å². The lowest BCUT2D eigenvalue weighted by Crippen LogP contribution is -2.44. The number of rotatable bonds is 5. The molecule has 0 radical (unpaired) electrons. The average molecular weight is 451 g/mol. The van der Waals surface area contributed by atoms with Gasteiger partial charge in [0, 0.05) is 25.5 Å². The predicted molar refractivity (Wildman–Crippen MR) is 115 cm³/mol. The van der Waals surface area contributed by atoms with Crippen molar-refractivity contribution in [1.82, 2.24) is 30.4 Å². The largest absolute Gasteiger partial charge is 0.405 e. The smallest absolute Gasteiger partial charge is 0.332 e. The van der Waals surface area contributed by atoms with Crippen LogP contribution in [0, 0.1) is 6.92 Å². The van der Waals surface area contributed by atoms with E-state index in [0.29, 0.717) is 12.4 Å². The average Bonchev–Trinajstić information content (AvgIpc) is 3.17. The third-order valence-electron chi connectivity index (χ3n) is 5.12. The van der Waals surface area contributed by atoms with Crippen molar-refractivity contribution in [3.05, 3.63) is 35.9 Å². The van der Waals surface area contributed by atoms with Crippen molar-refractivity contribution in [1.29, 1.82) is 0 Å². The first-order valence-corrected chi connectivity index (χ1v) is 10.6. The first-order valence-electron chi connectivity index (χ1n) is 10.6. The first kappa shape index (κ1) is 23.6. The Hall–Kier alpha value is -3.11. The fraction of sp³-hybridized carbons (Fsp3) is 0.524. The minimum atomic E-state index is -4.45. The molecule has 1 aliphatic rings. The van der Waals surface area contributed by atoms with Gasteiger partial charge in [0.15, 0.2) is 0 Å². The number of urea groups is 1. The summed E-state index contributed by atoms with van der Waals surface area (Å²) >= 11 is 0. The third kappa shape index (κ3) is 7.24. The van der Waals surface area contributed by atoms with Crippen LogP contribution in [0.1, 0.15) is 49.8 Å². The maximum Gasteiger partial charge on any atom is 0.405 e. The van der Waals surface area contributed by atoms with Crippen LogP contribution in [0.2, 0.25) is 0 Å². The van der Waals surface area contributed by atoms with E-state index in [-0.39, 0.29) is 6.04 Å². The van der Waals surface area contributed by atoms with E-state index in [1.54, 1.807) is 17.1 Å². The standard InChI is InChI=1S/C21H28F3N7O/c1-14-10-25-19(28-17-11-27-31(2)12-17)30-18(14)15-7-5-3-4-6-8-16(9-15)29-20(32)26-13-21(22,23)24/h9-12,16H,3-8,13H2,1-2H3,(H,25,28,30)(H2,26,29,32)/b15-9+/t16-/m1/s1. The summed E-state index contributed by atoms with van der Waals surface area (Å²) in [5.74, 6) is 0.423. The zero-order valence-electron chi connectivity index (χ0n) is 18.2. The van der Waals surface area contributed by atoms with Crippen LogP contribution in [0.5, 0.6) is 0 Å². The molecule has 2 amide bonds. The molecule has 3 N–H and O–H groups in total. The maximum atomic E-state index is 12.4. The highest BCUT2D eigenvalue weighted by molar-refractivity contribution is 5.75. The van der Waals surface area contributed by atoms with Crippen LogP contribution in [0.15, 0.2) is 24.7 Å². The van der Waals surface area contributed by atoms with Crippen LogP contribution in [0.25, 0.3) is 5.57 Å². The number of aryl methyl sites for hydroxylation is 2. The fourth-order valence-corrected chi connectivity index (χ4v) is 3.60. The van der Waals surface area contributed by atoms with Gasteiger partial charge in [-0.1, -0.05) is 25.3 Å². The molecule has 3 rings (SSSR count). The summed E-state index contributed by atoms with van der Waals surface area (Å²) < 4.78 is 38.9. The van der Waals surface area contributed by atoms with E-state index in [2.05, 4.69) is 25.7 Å². The summed E-state index contributed by atoms with van der Waals surface area (Å²) in [5.41, 5.74) is 3.34. The van der Waals surface area contributed by atoms with Crippen molar-refractivity contribution in [2.75, 3.05) is 11.9 Å². The molecule has 0 spiro atoms. The summed E-state index contributed by atoms with van der Waals surface area (Å²) in [6, 6.07) is -1.22. The molecule has 174 valence electrons. The van der Waals surface area contributed by atoms with Gasteiger partial charge in [0.1, 0.15) is 6.54 Å². The number of hydrogen-bond donors (Lipinski definition) is 3. The van der Waals surface area contributed by atoms with Crippen molar-refractivity contribution >= 4 is 23.2 Å². The van der Waals surface area contributed by atoms with Crippen molar-refractivity contribution in [3.8, 4) is 0 Å². The Morgan fingerprint density at radius 2 is 2.00 bits per heavy atom. The molecule has 0 saturated carbocycles. The van der Waals surface area contributed by atoms with E-state index in [1.165, 1.54) is 0 Å². The van der Waals surface area contributed by atoms with Gasteiger partial charge >= 0.3 is 12.2 Å². The number of nitrogens with zero attached hydrogens (tertiary/aromatic N) is 4. The fourth-order valence-electron chi connectivity index (χ4n) is 3.60. The highest BCUT2D eigenvalue weighted by atomic mass is 19.4. The van der Waals surface area contributed by atoms with Gasteiger partial charge < -0.3 is 16.0 Å². The molecular formula is C21H28F3N7O. The lowest BCUT2D eigenvalue weighted by atomic mass is 10.00. The minimum absolute atomic E-state index is 0.388. The molecule has 0 fully saturated rings. The van der Waals surface area contributed by atoms with Crippen LogP contribution >= 0.6 is 0 Å². The molecule has 8 nitrogen and oxygen atoms in total. The number of anilines is 2. The number of alkyl halides is 3. The second kappa shape index (κ2) is 10.5. The Morgan fingerprint density at radius 1 is 1.22 bits per heavy atom. The van der Waals surface area contributed by atoms with E-state index in [0.717, 1.165) is 54.6 Å². The van der Waals surface area contributed by atoms with Gasteiger partial charge in [0.05, 0.1) is 17.6 Å². The number of amides is 2. The lowest BCUT2D eigenvalue weighted by Gasteiger charge is -2.18. The molecule has 2 aromatic heterocycles. The minimum Gasteiger partial charge on any atom is -0.332 e. The summed E-state index contributed by atoms with van der Waals surface area (Å²) in [5, 5.41) is 11.8. The molecular weight excluding hydrogens is 423 g/mol. The molecule has 0 aromatic carbocycles. The van der Waals surface area contributed by atoms with Crippen LogP contribution < -0.4 is 16.0 Å². The molecule has 32 heavy (non-hydrogen) atoms. The van der Waals surface area contributed by atoms with Gasteiger partial charge in [0.25, 0.3) is 0 Å². The number of nitrogens with one attached hydrogen (secondary N) is 3. The molecule has 0 bridgehead atoms. The van der Waals surface area contributed by atoms with E-state index >= 15 is 0 Å².